The Labute approximate surface area is 73.0 Å². The Balaban J connectivity index is 2.66. The molecule has 0 aromatic rings. The second-order valence-electron chi connectivity index (χ2n) is 3.02. The summed E-state index contributed by atoms with van der Waals surface area (Å²) in [5.74, 6) is 0. The van der Waals surface area contributed by atoms with Crippen molar-refractivity contribution in [2.24, 2.45) is 5.73 Å². The molecule has 2 N–H and O–H groups in total. The third kappa shape index (κ3) is 1.61. The van der Waals surface area contributed by atoms with E-state index in [0.29, 0.717) is 19.8 Å². The van der Waals surface area contributed by atoms with Crippen molar-refractivity contribution in [2.45, 2.75) is 18.1 Å². The fourth-order valence-corrected chi connectivity index (χ4v) is 1.58. The SMILES string of the molecule is COC1COCCC1(CN)OC. The van der Waals surface area contributed by atoms with Crippen LogP contribution in [0.15, 0.2) is 0 Å². The van der Waals surface area contributed by atoms with Gasteiger partial charge in [-0.1, -0.05) is 0 Å². The molecule has 12 heavy (non-hydrogen) atoms. The zero-order valence-electron chi connectivity index (χ0n) is 7.71. The summed E-state index contributed by atoms with van der Waals surface area (Å²) < 4.78 is 15.9. The Morgan fingerprint density at radius 1 is 1.58 bits per heavy atom. The summed E-state index contributed by atoms with van der Waals surface area (Å²) in [7, 11) is 3.33. The average molecular weight is 175 g/mol. The second-order valence-corrected chi connectivity index (χ2v) is 3.02. The first-order valence-corrected chi connectivity index (χ1v) is 4.15. The van der Waals surface area contributed by atoms with Crippen molar-refractivity contribution in [3.05, 3.63) is 0 Å². The minimum Gasteiger partial charge on any atom is -0.379 e. The number of ether oxygens (including phenoxy) is 3. The second kappa shape index (κ2) is 4.18. The van der Waals surface area contributed by atoms with Gasteiger partial charge in [-0.15, -0.1) is 0 Å². The van der Waals surface area contributed by atoms with Crippen molar-refractivity contribution in [1.29, 1.82) is 0 Å². The molecule has 4 nitrogen and oxygen atoms in total. The molecule has 0 aliphatic carbocycles. The van der Waals surface area contributed by atoms with Crippen molar-refractivity contribution in [3.8, 4) is 0 Å². The molecule has 0 spiro atoms. The predicted molar refractivity (Wildman–Crippen MR) is 45.0 cm³/mol. The molecule has 0 radical (unpaired) electrons. The quantitative estimate of drug-likeness (QED) is 0.643. The lowest BCUT2D eigenvalue weighted by atomic mass is 9.91. The summed E-state index contributed by atoms with van der Waals surface area (Å²) >= 11 is 0. The topological polar surface area (TPSA) is 53.7 Å². The number of methoxy groups -OCH3 is 2. The molecule has 1 rings (SSSR count). The van der Waals surface area contributed by atoms with Crippen LogP contribution in [0.25, 0.3) is 0 Å². The van der Waals surface area contributed by atoms with Gasteiger partial charge >= 0.3 is 0 Å². The summed E-state index contributed by atoms with van der Waals surface area (Å²) in [6, 6.07) is 0. The van der Waals surface area contributed by atoms with Gasteiger partial charge in [0, 0.05) is 33.8 Å². The van der Waals surface area contributed by atoms with Crippen molar-refractivity contribution < 1.29 is 14.2 Å². The molecular weight excluding hydrogens is 158 g/mol. The highest BCUT2D eigenvalue weighted by Gasteiger charge is 2.40. The maximum Gasteiger partial charge on any atom is 0.111 e. The van der Waals surface area contributed by atoms with Gasteiger partial charge < -0.3 is 19.9 Å². The van der Waals surface area contributed by atoms with E-state index in [1.54, 1.807) is 14.2 Å². The smallest absolute Gasteiger partial charge is 0.111 e. The molecule has 1 saturated heterocycles. The van der Waals surface area contributed by atoms with Gasteiger partial charge in [0.15, 0.2) is 0 Å². The van der Waals surface area contributed by atoms with E-state index in [2.05, 4.69) is 0 Å². The van der Waals surface area contributed by atoms with Gasteiger partial charge in [-0.05, 0) is 0 Å². The molecule has 1 heterocycles. The highest BCUT2D eigenvalue weighted by Crippen LogP contribution is 2.25. The van der Waals surface area contributed by atoms with E-state index in [4.69, 9.17) is 19.9 Å². The van der Waals surface area contributed by atoms with E-state index in [0.717, 1.165) is 6.42 Å². The number of rotatable bonds is 3. The highest BCUT2D eigenvalue weighted by atomic mass is 16.6. The molecule has 1 aliphatic heterocycles. The summed E-state index contributed by atoms with van der Waals surface area (Å²) in [6.07, 6.45) is 0.764. The van der Waals surface area contributed by atoms with Gasteiger partial charge in [0.25, 0.3) is 0 Å². The van der Waals surface area contributed by atoms with Crippen LogP contribution in [-0.4, -0.2) is 45.7 Å². The number of hydrogen-bond acceptors (Lipinski definition) is 4. The van der Waals surface area contributed by atoms with E-state index in [1.165, 1.54) is 0 Å². The molecule has 0 amide bonds. The molecule has 72 valence electrons. The Hall–Kier alpha value is -0.160. The molecule has 0 aromatic carbocycles. The Morgan fingerprint density at radius 2 is 2.33 bits per heavy atom. The fourth-order valence-electron chi connectivity index (χ4n) is 1.58. The van der Waals surface area contributed by atoms with Crippen LogP contribution in [0.3, 0.4) is 0 Å². The molecule has 0 bridgehead atoms. The summed E-state index contributed by atoms with van der Waals surface area (Å²) in [6.45, 7) is 1.75. The molecule has 1 aliphatic rings. The van der Waals surface area contributed by atoms with Crippen LogP contribution in [0.2, 0.25) is 0 Å². The maximum absolute atomic E-state index is 5.65. The summed E-state index contributed by atoms with van der Waals surface area (Å²) in [5, 5.41) is 0. The van der Waals surface area contributed by atoms with Crippen molar-refractivity contribution in [2.75, 3.05) is 34.0 Å². The third-order valence-electron chi connectivity index (χ3n) is 2.56. The first-order chi connectivity index (χ1) is 5.79. The summed E-state index contributed by atoms with van der Waals surface area (Å²) in [5.41, 5.74) is 5.31. The van der Waals surface area contributed by atoms with E-state index >= 15 is 0 Å². The van der Waals surface area contributed by atoms with E-state index in [9.17, 15) is 0 Å². The minimum absolute atomic E-state index is 0.0405. The molecule has 0 saturated carbocycles. The largest absolute Gasteiger partial charge is 0.379 e. The lowest BCUT2D eigenvalue weighted by molar-refractivity contribution is -0.175. The Kier molecular flexibility index (Phi) is 3.46. The van der Waals surface area contributed by atoms with Crippen LogP contribution in [0, 0.1) is 0 Å². The Morgan fingerprint density at radius 3 is 2.75 bits per heavy atom. The van der Waals surface area contributed by atoms with Crippen LogP contribution in [-0.2, 0) is 14.2 Å². The van der Waals surface area contributed by atoms with Crippen molar-refractivity contribution >= 4 is 0 Å². The standard InChI is InChI=1S/C8H17NO3/c1-10-7-5-12-4-3-8(7,6-9)11-2/h7H,3-6,9H2,1-2H3. The van der Waals surface area contributed by atoms with Crippen LogP contribution >= 0.6 is 0 Å². The van der Waals surface area contributed by atoms with Gasteiger partial charge in [0.2, 0.25) is 0 Å². The molecule has 4 heteroatoms. The first kappa shape index (κ1) is 9.92. The maximum atomic E-state index is 5.65. The van der Waals surface area contributed by atoms with E-state index in [-0.39, 0.29) is 11.7 Å². The van der Waals surface area contributed by atoms with Gasteiger partial charge in [-0.2, -0.15) is 0 Å². The monoisotopic (exact) mass is 175 g/mol. The number of nitrogens with two attached hydrogens (primary N) is 1. The average Bonchev–Trinajstić information content (AvgIpc) is 2.17. The van der Waals surface area contributed by atoms with Gasteiger partial charge in [0.1, 0.15) is 11.7 Å². The zero-order chi connectivity index (χ0) is 9.03. The Bertz CT molecular complexity index is 136. The van der Waals surface area contributed by atoms with Crippen molar-refractivity contribution in [1.82, 2.24) is 0 Å². The van der Waals surface area contributed by atoms with Crippen LogP contribution in [0.4, 0.5) is 0 Å². The van der Waals surface area contributed by atoms with Crippen LogP contribution in [0.5, 0.6) is 0 Å². The zero-order valence-corrected chi connectivity index (χ0v) is 7.71. The third-order valence-corrected chi connectivity index (χ3v) is 2.56. The minimum atomic E-state index is -0.340. The fraction of sp³-hybridized carbons (Fsp3) is 1.00. The molecule has 1 fully saturated rings. The van der Waals surface area contributed by atoms with Crippen LogP contribution < -0.4 is 5.73 Å². The summed E-state index contributed by atoms with van der Waals surface area (Å²) in [4.78, 5) is 0. The van der Waals surface area contributed by atoms with E-state index < -0.39 is 0 Å². The molecule has 0 aromatic heterocycles. The molecule has 2 unspecified atom stereocenters. The lowest BCUT2D eigenvalue weighted by Gasteiger charge is -2.40. The lowest BCUT2D eigenvalue weighted by Crippen LogP contribution is -2.56. The molecular formula is C8H17NO3. The first-order valence-electron chi connectivity index (χ1n) is 4.15. The van der Waals surface area contributed by atoms with Gasteiger partial charge in [0.05, 0.1) is 6.61 Å². The van der Waals surface area contributed by atoms with E-state index in [1.807, 2.05) is 0 Å². The normalized spacial score (nSPS) is 36.8. The highest BCUT2D eigenvalue weighted by molar-refractivity contribution is 4.92. The molecule has 2 atom stereocenters. The van der Waals surface area contributed by atoms with Gasteiger partial charge in [-0.3, -0.25) is 0 Å². The van der Waals surface area contributed by atoms with Crippen molar-refractivity contribution in [3.63, 3.8) is 0 Å². The van der Waals surface area contributed by atoms with Crippen LogP contribution in [0.1, 0.15) is 6.42 Å². The number of hydrogen-bond donors (Lipinski definition) is 1. The van der Waals surface area contributed by atoms with Gasteiger partial charge in [-0.25, -0.2) is 0 Å². The predicted octanol–water partition coefficient (Wildman–Crippen LogP) is -0.234.